The van der Waals surface area contributed by atoms with Crippen LogP contribution in [0.3, 0.4) is 0 Å². The third-order valence-electron chi connectivity index (χ3n) is 6.77. The van der Waals surface area contributed by atoms with Gasteiger partial charge in [-0.05, 0) is 48.4 Å². The van der Waals surface area contributed by atoms with Crippen molar-refractivity contribution in [1.82, 2.24) is 15.0 Å². The quantitative estimate of drug-likeness (QED) is 0.321. The van der Waals surface area contributed by atoms with E-state index in [9.17, 15) is 19.6 Å². The summed E-state index contributed by atoms with van der Waals surface area (Å²) in [6, 6.07) is 14.6. The largest absolute Gasteiger partial charge is 0.496 e. The molecule has 4 aromatic rings. The van der Waals surface area contributed by atoms with Crippen molar-refractivity contribution in [3.63, 3.8) is 0 Å². The maximum absolute atomic E-state index is 14.6. The molecule has 0 bridgehead atoms. The van der Waals surface area contributed by atoms with E-state index in [1.807, 2.05) is 11.0 Å². The van der Waals surface area contributed by atoms with Gasteiger partial charge >= 0.3 is 0 Å². The molecule has 2 unspecified atom stereocenters. The van der Waals surface area contributed by atoms with E-state index in [0.29, 0.717) is 35.5 Å². The number of aromatic nitrogens is 3. The lowest BCUT2D eigenvalue weighted by molar-refractivity contribution is 0.102. The molecular weight excluding hydrogens is 513 g/mol. The van der Waals surface area contributed by atoms with Crippen LogP contribution in [0.2, 0.25) is 0 Å². The molecule has 2 atom stereocenters. The first-order chi connectivity index (χ1) is 19.4. The van der Waals surface area contributed by atoms with E-state index in [-0.39, 0.29) is 41.5 Å². The SMILES string of the molecule is COc1cccc(F)c1-c1nccc(C(=O)Nc2ccc(-c3ccncc3C#N)cc2N2CC(N)CC2CO)n1. The Hall–Kier alpha value is -4.92. The van der Waals surface area contributed by atoms with Crippen LogP contribution in [0.25, 0.3) is 22.5 Å². The minimum absolute atomic E-state index is 0.00533. The third kappa shape index (κ3) is 5.18. The highest BCUT2D eigenvalue weighted by Gasteiger charge is 2.31. The number of hydrogen-bond donors (Lipinski definition) is 3. The fraction of sp³-hybridized carbons (Fsp3) is 0.207. The molecule has 11 heteroatoms. The van der Waals surface area contributed by atoms with Gasteiger partial charge in [-0.3, -0.25) is 9.78 Å². The lowest BCUT2D eigenvalue weighted by Gasteiger charge is -2.28. The predicted octanol–water partition coefficient (Wildman–Crippen LogP) is 3.38. The van der Waals surface area contributed by atoms with Crippen LogP contribution in [0, 0.1) is 17.1 Å². The first-order valence-electron chi connectivity index (χ1n) is 12.5. The molecule has 40 heavy (non-hydrogen) atoms. The van der Waals surface area contributed by atoms with Crippen molar-refractivity contribution >= 4 is 17.3 Å². The molecule has 1 aliphatic rings. The first-order valence-corrected chi connectivity index (χ1v) is 12.5. The number of anilines is 2. The number of hydrogen-bond acceptors (Lipinski definition) is 9. The van der Waals surface area contributed by atoms with Gasteiger partial charge < -0.3 is 25.8 Å². The fourth-order valence-corrected chi connectivity index (χ4v) is 4.88. The van der Waals surface area contributed by atoms with E-state index in [0.717, 1.165) is 5.56 Å². The number of benzene rings is 2. The van der Waals surface area contributed by atoms with Gasteiger partial charge in [0.2, 0.25) is 0 Å². The monoisotopic (exact) mass is 539 g/mol. The van der Waals surface area contributed by atoms with Crippen LogP contribution >= 0.6 is 0 Å². The topological polar surface area (TPSA) is 150 Å². The molecule has 1 saturated heterocycles. The van der Waals surface area contributed by atoms with Gasteiger partial charge in [-0.25, -0.2) is 14.4 Å². The molecule has 3 heterocycles. The molecule has 2 aromatic carbocycles. The van der Waals surface area contributed by atoms with Crippen molar-refractivity contribution in [2.75, 3.05) is 30.5 Å². The number of halogens is 1. The smallest absolute Gasteiger partial charge is 0.274 e. The number of carbonyl (C=O) groups excluding carboxylic acids is 1. The number of nitriles is 1. The van der Waals surface area contributed by atoms with Crippen LogP contribution in [0.15, 0.2) is 67.1 Å². The number of aliphatic hydroxyl groups is 1. The Labute approximate surface area is 229 Å². The molecular formula is C29H26FN7O3. The van der Waals surface area contributed by atoms with Crippen molar-refractivity contribution in [3.8, 4) is 34.3 Å². The Morgan fingerprint density at radius 3 is 2.90 bits per heavy atom. The maximum atomic E-state index is 14.6. The fourth-order valence-electron chi connectivity index (χ4n) is 4.88. The summed E-state index contributed by atoms with van der Waals surface area (Å²) in [7, 11) is 1.41. The molecule has 5 rings (SSSR count). The Morgan fingerprint density at radius 1 is 1.27 bits per heavy atom. The number of pyridine rings is 1. The zero-order valence-electron chi connectivity index (χ0n) is 21.6. The average molecular weight is 540 g/mol. The lowest BCUT2D eigenvalue weighted by Crippen LogP contribution is -2.33. The van der Waals surface area contributed by atoms with Gasteiger partial charge in [0.15, 0.2) is 5.82 Å². The first kappa shape index (κ1) is 26.7. The zero-order chi connectivity index (χ0) is 28.2. The van der Waals surface area contributed by atoms with Gasteiger partial charge in [0, 0.05) is 36.7 Å². The summed E-state index contributed by atoms with van der Waals surface area (Å²) in [4.78, 5) is 27.8. The number of nitrogens with two attached hydrogens (primary N) is 1. The van der Waals surface area contributed by atoms with Crippen LogP contribution in [-0.2, 0) is 0 Å². The normalized spacial score (nSPS) is 16.4. The number of methoxy groups -OCH3 is 1. The summed E-state index contributed by atoms with van der Waals surface area (Å²) in [5.41, 5.74) is 9.19. The molecule has 0 radical (unpaired) electrons. The van der Waals surface area contributed by atoms with Gasteiger partial charge in [-0.15, -0.1) is 0 Å². The molecule has 0 saturated carbocycles. The summed E-state index contributed by atoms with van der Waals surface area (Å²) in [6.07, 6.45) is 5.04. The molecule has 10 nitrogen and oxygen atoms in total. The minimum Gasteiger partial charge on any atom is -0.496 e. The van der Waals surface area contributed by atoms with E-state index in [1.54, 1.807) is 30.5 Å². The van der Waals surface area contributed by atoms with Gasteiger partial charge in [0.05, 0.1) is 42.3 Å². The third-order valence-corrected chi connectivity index (χ3v) is 6.77. The van der Waals surface area contributed by atoms with Crippen LogP contribution in [-0.4, -0.2) is 58.3 Å². The second-order valence-corrected chi connectivity index (χ2v) is 9.29. The molecule has 0 spiro atoms. The van der Waals surface area contributed by atoms with E-state index in [4.69, 9.17) is 10.5 Å². The second kappa shape index (κ2) is 11.4. The number of nitrogens with zero attached hydrogens (tertiary/aromatic N) is 5. The van der Waals surface area contributed by atoms with E-state index >= 15 is 0 Å². The highest BCUT2D eigenvalue weighted by atomic mass is 19.1. The molecule has 0 aliphatic carbocycles. The minimum atomic E-state index is -0.581. The number of nitrogens with one attached hydrogen (secondary N) is 1. The van der Waals surface area contributed by atoms with Crippen molar-refractivity contribution in [2.24, 2.45) is 5.73 Å². The number of carbonyl (C=O) groups is 1. The van der Waals surface area contributed by atoms with Crippen LogP contribution in [0.1, 0.15) is 22.5 Å². The van der Waals surface area contributed by atoms with Crippen LogP contribution in [0.4, 0.5) is 15.8 Å². The predicted molar refractivity (Wildman–Crippen MR) is 147 cm³/mol. The van der Waals surface area contributed by atoms with Crippen molar-refractivity contribution in [2.45, 2.75) is 18.5 Å². The van der Waals surface area contributed by atoms with Gasteiger partial charge in [0.1, 0.15) is 23.3 Å². The highest BCUT2D eigenvalue weighted by Crippen LogP contribution is 2.37. The van der Waals surface area contributed by atoms with E-state index in [2.05, 4.69) is 26.3 Å². The van der Waals surface area contributed by atoms with E-state index in [1.165, 1.54) is 37.7 Å². The molecule has 1 amide bonds. The number of ether oxygens (including phenoxy) is 1. The van der Waals surface area contributed by atoms with Gasteiger partial charge in [-0.2, -0.15) is 5.26 Å². The molecule has 202 valence electrons. The number of rotatable bonds is 7. The molecule has 1 fully saturated rings. The summed E-state index contributed by atoms with van der Waals surface area (Å²) < 4.78 is 19.9. The maximum Gasteiger partial charge on any atom is 0.274 e. The van der Waals surface area contributed by atoms with Gasteiger partial charge in [0.25, 0.3) is 5.91 Å². The van der Waals surface area contributed by atoms with Crippen molar-refractivity contribution in [3.05, 3.63) is 84.2 Å². The van der Waals surface area contributed by atoms with E-state index < -0.39 is 11.7 Å². The standard InChI is InChI=1S/C29H26FN7O3/c1-40-26-4-2-3-22(30)27(26)28-34-10-8-24(35-28)29(39)36-23-6-5-17(21-7-9-33-14-18(21)13-31)11-25(23)37-15-19(32)12-20(37)16-38/h2-11,14,19-20,38H,12,15-16,32H2,1H3,(H,36,39). The van der Waals surface area contributed by atoms with Crippen LogP contribution in [0.5, 0.6) is 5.75 Å². The Bertz CT molecular complexity index is 1610. The van der Waals surface area contributed by atoms with Gasteiger partial charge in [-0.1, -0.05) is 12.1 Å². The molecule has 1 aliphatic heterocycles. The van der Waals surface area contributed by atoms with Crippen molar-refractivity contribution < 1.29 is 19.0 Å². The molecule has 4 N–H and O–H groups in total. The summed E-state index contributed by atoms with van der Waals surface area (Å²) in [5.74, 6) is -0.879. The Kier molecular flexibility index (Phi) is 7.63. The molecule has 2 aromatic heterocycles. The van der Waals surface area contributed by atoms with Crippen molar-refractivity contribution in [1.29, 1.82) is 5.26 Å². The summed E-state index contributed by atoms with van der Waals surface area (Å²) in [6.45, 7) is 0.341. The summed E-state index contributed by atoms with van der Waals surface area (Å²) >= 11 is 0. The number of amides is 1. The average Bonchev–Trinajstić information content (AvgIpc) is 3.37. The summed E-state index contributed by atoms with van der Waals surface area (Å²) in [5, 5.41) is 22.5. The lowest BCUT2D eigenvalue weighted by atomic mass is 10.0. The Morgan fingerprint density at radius 2 is 2.12 bits per heavy atom. The second-order valence-electron chi connectivity index (χ2n) is 9.29. The number of aliphatic hydroxyl groups excluding tert-OH is 1. The van der Waals surface area contributed by atoms with Crippen LogP contribution < -0.4 is 20.7 Å². The zero-order valence-corrected chi connectivity index (χ0v) is 21.6. The highest BCUT2D eigenvalue weighted by molar-refractivity contribution is 6.05. The Balaban J connectivity index is 1.53.